The first kappa shape index (κ1) is 20.2. The fourth-order valence-corrected chi connectivity index (χ4v) is 3.72. The number of rotatable bonds is 4. The molecular weight excluding hydrogens is 407 g/mol. The topological polar surface area (TPSA) is 70.6 Å². The van der Waals surface area contributed by atoms with Crippen LogP contribution in [0.5, 0.6) is 5.75 Å². The van der Waals surface area contributed by atoms with Crippen LogP contribution in [0.1, 0.15) is 17.2 Å². The largest absolute Gasteiger partial charge is 0.495 e. The highest BCUT2D eigenvalue weighted by Gasteiger charge is 2.65. The van der Waals surface area contributed by atoms with Gasteiger partial charge in [-0.3, -0.25) is 0 Å². The van der Waals surface area contributed by atoms with Crippen molar-refractivity contribution in [2.75, 3.05) is 12.4 Å². The van der Waals surface area contributed by atoms with Crippen LogP contribution in [0.15, 0.2) is 47.4 Å². The van der Waals surface area contributed by atoms with Crippen molar-refractivity contribution in [2.45, 2.75) is 23.5 Å². The van der Waals surface area contributed by atoms with E-state index in [-0.39, 0.29) is 17.9 Å². The van der Waals surface area contributed by atoms with Crippen LogP contribution in [0.4, 0.5) is 29.9 Å². The number of carbonyl (C=O) groups excluding carboxylic acids is 1. The molecule has 0 heterocycles. The van der Waals surface area contributed by atoms with E-state index in [0.717, 1.165) is 12.7 Å². The van der Waals surface area contributed by atoms with Crippen LogP contribution in [-0.2, 0) is 6.42 Å². The lowest BCUT2D eigenvalue weighted by Gasteiger charge is -2.40. The van der Waals surface area contributed by atoms with Crippen LogP contribution in [0, 0.1) is 0 Å². The van der Waals surface area contributed by atoms with Gasteiger partial charge in [0.05, 0.1) is 24.9 Å². The first-order chi connectivity index (χ1) is 12.8. The number of urea groups is 1. The molecule has 154 valence electrons. The molecule has 3 N–H and O–H groups in total. The summed E-state index contributed by atoms with van der Waals surface area (Å²) in [5.41, 5.74) is 0.879. The summed E-state index contributed by atoms with van der Waals surface area (Å²) in [7, 11) is -8.80. The normalized spacial score (nSPS) is 21.2. The minimum absolute atomic E-state index is 0.125. The maximum absolute atomic E-state index is 13.0. The van der Waals surface area contributed by atoms with E-state index >= 15 is 0 Å². The van der Waals surface area contributed by atoms with E-state index in [1.54, 1.807) is 24.3 Å². The van der Waals surface area contributed by atoms with Crippen molar-refractivity contribution in [3.8, 4) is 5.75 Å². The Morgan fingerprint density at radius 2 is 1.82 bits per heavy atom. The fraction of sp³-hybridized carbons (Fsp3) is 0.235. The third-order valence-corrected chi connectivity index (χ3v) is 5.52. The minimum Gasteiger partial charge on any atom is -0.495 e. The number of nitrogens with one attached hydrogen (secondary N) is 2. The van der Waals surface area contributed by atoms with Gasteiger partial charge in [0.1, 0.15) is 10.6 Å². The molecule has 2 unspecified atom stereocenters. The fourth-order valence-electron chi connectivity index (χ4n) is 3.06. The number of benzene rings is 2. The number of aliphatic hydroxyl groups excluding tert-OH is 1. The molecule has 28 heavy (non-hydrogen) atoms. The minimum atomic E-state index is -9.92. The number of hydrogen-bond acceptors (Lipinski definition) is 3. The number of methoxy groups -OCH3 is 1. The van der Waals surface area contributed by atoms with Crippen molar-refractivity contribution in [1.29, 1.82) is 0 Å². The second-order valence-electron chi connectivity index (χ2n) is 6.38. The van der Waals surface area contributed by atoms with Gasteiger partial charge in [0.15, 0.2) is 0 Å². The zero-order valence-corrected chi connectivity index (χ0v) is 15.3. The Labute approximate surface area is 157 Å². The average molecular weight is 424 g/mol. The Hall–Kier alpha value is -2.53. The molecule has 0 aromatic heterocycles. The van der Waals surface area contributed by atoms with Crippen LogP contribution in [0.2, 0.25) is 0 Å². The van der Waals surface area contributed by atoms with Gasteiger partial charge in [-0.05, 0) is 35.7 Å². The maximum atomic E-state index is 13.0. The summed E-state index contributed by atoms with van der Waals surface area (Å²) in [6, 6.07) is 6.30. The number of ether oxygens (including phenoxy) is 1. The lowest BCUT2D eigenvalue weighted by atomic mass is 10.1. The van der Waals surface area contributed by atoms with Gasteiger partial charge in [0.2, 0.25) is 0 Å². The summed E-state index contributed by atoms with van der Waals surface area (Å²) < 4.78 is 70.0. The first-order valence-corrected chi connectivity index (χ1v) is 9.99. The van der Waals surface area contributed by atoms with Crippen molar-refractivity contribution < 1.29 is 34.1 Å². The quantitative estimate of drug-likeness (QED) is 0.596. The third kappa shape index (κ3) is 4.14. The van der Waals surface area contributed by atoms with E-state index in [1.165, 1.54) is 0 Å². The molecule has 2 atom stereocenters. The second-order valence-corrected chi connectivity index (χ2v) is 8.79. The molecule has 0 saturated carbocycles. The molecule has 1 aliphatic carbocycles. The highest BCUT2D eigenvalue weighted by atomic mass is 32.5. The zero-order valence-electron chi connectivity index (χ0n) is 14.5. The molecule has 2 aromatic rings. The number of amides is 2. The van der Waals surface area contributed by atoms with Crippen LogP contribution >= 0.6 is 10.2 Å². The number of fused-ring (bicyclic) bond motifs is 1. The molecule has 5 nitrogen and oxygen atoms in total. The SMILES string of the molecule is COc1ccc(S(F)(F)(F)(F)F)cc1NC(=O)NC1Cc2ccccc2C1O. The Morgan fingerprint density at radius 3 is 2.43 bits per heavy atom. The molecule has 0 fully saturated rings. The molecular formula is C17H17F5N2O3S. The van der Waals surface area contributed by atoms with Gasteiger partial charge < -0.3 is 20.5 Å². The van der Waals surface area contributed by atoms with Gasteiger partial charge in [0, 0.05) is 0 Å². The molecule has 0 saturated heterocycles. The lowest BCUT2D eigenvalue weighted by molar-refractivity contribution is 0.145. The summed E-state index contributed by atoms with van der Waals surface area (Å²) in [5.74, 6) is -0.226. The Kier molecular flexibility index (Phi) is 4.32. The van der Waals surface area contributed by atoms with E-state index in [9.17, 15) is 29.3 Å². The second kappa shape index (κ2) is 5.98. The van der Waals surface area contributed by atoms with Crippen molar-refractivity contribution in [2.24, 2.45) is 0 Å². The predicted octanol–water partition coefficient (Wildman–Crippen LogP) is 5.13. The number of aliphatic hydroxyl groups is 1. The summed E-state index contributed by atoms with van der Waals surface area (Å²) in [4.78, 5) is 10.1. The summed E-state index contributed by atoms with van der Waals surface area (Å²) in [6.45, 7) is 0. The standard InChI is InChI=1S/C17H17F5N2O3S/c1-27-15-7-6-11(28(18,19,20,21)22)9-13(15)23-17(26)24-14-8-10-4-2-3-5-12(10)16(14)25/h2-7,9,14,16,25H,8H2,1H3,(H2,23,24,26). The molecule has 2 amide bonds. The Balaban J connectivity index is 1.79. The van der Waals surface area contributed by atoms with E-state index in [1.807, 2.05) is 0 Å². The zero-order chi connectivity index (χ0) is 20.8. The van der Waals surface area contributed by atoms with Gasteiger partial charge in [-0.2, -0.15) is 0 Å². The average Bonchev–Trinajstić information content (AvgIpc) is 2.89. The van der Waals surface area contributed by atoms with E-state index < -0.39 is 39.0 Å². The van der Waals surface area contributed by atoms with Gasteiger partial charge in [-0.15, -0.1) is 0 Å². The summed E-state index contributed by atoms with van der Waals surface area (Å²) >= 11 is 0. The van der Waals surface area contributed by atoms with E-state index in [4.69, 9.17) is 4.74 Å². The molecule has 1 aliphatic rings. The monoisotopic (exact) mass is 424 g/mol. The smallest absolute Gasteiger partial charge is 0.319 e. The van der Waals surface area contributed by atoms with Gasteiger partial charge in [-0.25, -0.2) is 4.79 Å². The van der Waals surface area contributed by atoms with Crippen LogP contribution in [0.3, 0.4) is 0 Å². The molecule has 0 radical (unpaired) electrons. The molecule has 11 heteroatoms. The van der Waals surface area contributed by atoms with E-state index in [0.29, 0.717) is 18.1 Å². The molecule has 0 bridgehead atoms. The molecule has 0 aliphatic heterocycles. The number of carbonyl (C=O) groups is 1. The lowest BCUT2D eigenvalue weighted by Crippen LogP contribution is -2.40. The predicted molar refractivity (Wildman–Crippen MR) is 95.4 cm³/mol. The van der Waals surface area contributed by atoms with E-state index in [2.05, 4.69) is 10.6 Å². The van der Waals surface area contributed by atoms with Gasteiger partial charge >= 0.3 is 16.3 Å². The summed E-state index contributed by atoms with van der Waals surface area (Å²) in [6.07, 6.45) is -0.687. The third-order valence-electron chi connectivity index (χ3n) is 4.38. The van der Waals surface area contributed by atoms with Crippen molar-refractivity contribution >= 4 is 21.9 Å². The number of halogens is 5. The number of anilines is 1. The van der Waals surface area contributed by atoms with Crippen LogP contribution in [-0.4, -0.2) is 24.3 Å². The first-order valence-electron chi connectivity index (χ1n) is 8.04. The molecule has 2 aromatic carbocycles. The van der Waals surface area contributed by atoms with Crippen LogP contribution in [0.25, 0.3) is 0 Å². The Morgan fingerprint density at radius 1 is 1.14 bits per heavy atom. The van der Waals surface area contributed by atoms with Crippen molar-refractivity contribution in [1.82, 2.24) is 5.32 Å². The molecule has 0 spiro atoms. The molecule has 3 rings (SSSR count). The maximum Gasteiger partial charge on any atom is 0.319 e. The van der Waals surface area contributed by atoms with Crippen molar-refractivity contribution in [3.05, 3.63) is 53.6 Å². The van der Waals surface area contributed by atoms with Gasteiger partial charge in [0.25, 0.3) is 0 Å². The highest BCUT2D eigenvalue weighted by Crippen LogP contribution is 3.02. The Bertz CT molecular complexity index is 937. The van der Waals surface area contributed by atoms with Crippen LogP contribution < -0.4 is 15.4 Å². The highest BCUT2D eigenvalue weighted by molar-refractivity contribution is 8.45. The van der Waals surface area contributed by atoms with Crippen molar-refractivity contribution in [3.63, 3.8) is 0 Å². The van der Waals surface area contributed by atoms with Gasteiger partial charge in [-0.1, -0.05) is 43.7 Å². The number of hydrogen-bond donors (Lipinski definition) is 3. The summed E-state index contributed by atoms with van der Waals surface area (Å²) in [5, 5.41) is 14.8.